The van der Waals surface area contributed by atoms with Crippen LogP contribution in [-0.2, 0) is 17.8 Å². The van der Waals surface area contributed by atoms with Crippen molar-refractivity contribution in [2.45, 2.75) is 33.7 Å². The number of nitrogens with zero attached hydrogens (tertiary/aromatic N) is 2. The highest BCUT2D eigenvalue weighted by Gasteiger charge is 2.24. The zero-order chi connectivity index (χ0) is 11.0. The van der Waals surface area contributed by atoms with E-state index in [4.69, 9.17) is 0 Å². The van der Waals surface area contributed by atoms with Crippen LogP contribution in [0.4, 0.5) is 0 Å². The maximum Gasteiger partial charge on any atom is 0.225 e. The summed E-state index contributed by atoms with van der Waals surface area (Å²) in [6, 6.07) is 0. The third-order valence-corrected chi connectivity index (χ3v) is 2.76. The van der Waals surface area contributed by atoms with Crippen LogP contribution >= 0.6 is 0 Å². The van der Waals surface area contributed by atoms with Gasteiger partial charge in [-0.3, -0.25) is 4.79 Å². The van der Waals surface area contributed by atoms with Crippen LogP contribution in [0.25, 0.3) is 0 Å². The number of imidazole rings is 1. The van der Waals surface area contributed by atoms with E-state index >= 15 is 0 Å². The van der Waals surface area contributed by atoms with Crippen molar-refractivity contribution >= 4 is 5.91 Å². The fourth-order valence-electron chi connectivity index (χ4n) is 1.99. The van der Waals surface area contributed by atoms with Gasteiger partial charge in [-0.25, -0.2) is 4.98 Å². The van der Waals surface area contributed by atoms with Gasteiger partial charge in [0.25, 0.3) is 0 Å². The Balaban J connectivity index is 2.15. The SMILES string of the molecule is Cc1nc2c([nH]1)CN(C(=O)C(C)C)CC2. The number of H-pyrrole nitrogens is 1. The summed E-state index contributed by atoms with van der Waals surface area (Å²) < 4.78 is 0. The van der Waals surface area contributed by atoms with Crippen molar-refractivity contribution < 1.29 is 4.79 Å². The van der Waals surface area contributed by atoms with Crippen molar-refractivity contribution in [3.8, 4) is 0 Å². The van der Waals surface area contributed by atoms with E-state index in [1.807, 2.05) is 25.7 Å². The van der Waals surface area contributed by atoms with E-state index < -0.39 is 0 Å². The number of aromatic nitrogens is 2. The highest BCUT2D eigenvalue weighted by atomic mass is 16.2. The van der Waals surface area contributed by atoms with Crippen LogP contribution in [0.1, 0.15) is 31.1 Å². The van der Waals surface area contributed by atoms with E-state index in [9.17, 15) is 4.79 Å². The minimum atomic E-state index is 0.0792. The average molecular weight is 207 g/mol. The van der Waals surface area contributed by atoms with Crippen molar-refractivity contribution in [1.29, 1.82) is 0 Å². The van der Waals surface area contributed by atoms with Gasteiger partial charge in [0.2, 0.25) is 5.91 Å². The first kappa shape index (κ1) is 10.2. The first-order valence-corrected chi connectivity index (χ1v) is 5.41. The number of aryl methyl sites for hydroxylation is 1. The van der Waals surface area contributed by atoms with E-state index in [0.717, 1.165) is 30.2 Å². The van der Waals surface area contributed by atoms with Gasteiger partial charge in [0, 0.05) is 18.9 Å². The van der Waals surface area contributed by atoms with Crippen LogP contribution in [0, 0.1) is 12.8 Å². The second-order valence-electron chi connectivity index (χ2n) is 4.41. The zero-order valence-electron chi connectivity index (χ0n) is 9.50. The van der Waals surface area contributed by atoms with Crippen molar-refractivity contribution in [3.05, 3.63) is 17.2 Å². The molecule has 82 valence electrons. The standard InChI is InChI=1S/C11H17N3O/c1-7(2)11(15)14-5-4-9-10(6-14)13-8(3)12-9/h7H,4-6H2,1-3H3,(H,12,13). The second kappa shape index (κ2) is 3.68. The van der Waals surface area contributed by atoms with E-state index in [0.29, 0.717) is 6.54 Å². The van der Waals surface area contributed by atoms with Crippen molar-refractivity contribution in [2.75, 3.05) is 6.54 Å². The number of carbonyl (C=O) groups excluding carboxylic acids is 1. The lowest BCUT2D eigenvalue weighted by atomic mass is 10.1. The molecule has 0 fully saturated rings. The number of aromatic amines is 1. The van der Waals surface area contributed by atoms with Gasteiger partial charge < -0.3 is 9.88 Å². The molecule has 15 heavy (non-hydrogen) atoms. The van der Waals surface area contributed by atoms with Crippen LogP contribution in [0.2, 0.25) is 0 Å². The van der Waals surface area contributed by atoms with Crippen LogP contribution < -0.4 is 0 Å². The Bertz CT molecular complexity index is 381. The summed E-state index contributed by atoms with van der Waals surface area (Å²) in [5, 5.41) is 0. The highest BCUT2D eigenvalue weighted by Crippen LogP contribution is 2.17. The molecule has 0 atom stereocenters. The molecule has 0 saturated heterocycles. The molecule has 1 aliphatic heterocycles. The number of hydrogen-bond donors (Lipinski definition) is 1. The van der Waals surface area contributed by atoms with Crippen LogP contribution in [-0.4, -0.2) is 27.3 Å². The van der Waals surface area contributed by atoms with Gasteiger partial charge >= 0.3 is 0 Å². The molecule has 1 aromatic rings. The summed E-state index contributed by atoms with van der Waals surface area (Å²) in [4.78, 5) is 21.3. The number of carbonyl (C=O) groups is 1. The quantitative estimate of drug-likeness (QED) is 0.753. The molecule has 1 aliphatic rings. The Hall–Kier alpha value is -1.32. The predicted molar refractivity (Wildman–Crippen MR) is 57.3 cm³/mol. The van der Waals surface area contributed by atoms with Crippen LogP contribution in [0.15, 0.2) is 0 Å². The number of hydrogen-bond acceptors (Lipinski definition) is 2. The molecule has 0 unspecified atom stereocenters. The van der Waals surface area contributed by atoms with Crippen molar-refractivity contribution in [2.24, 2.45) is 5.92 Å². The molecule has 0 spiro atoms. The van der Waals surface area contributed by atoms with Gasteiger partial charge in [0.05, 0.1) is 17.9 Å². The smallest absolute Gasteiger partial charge is 0.225 e. The molecule has 4 nitrogen and oxygen atoms in total. The Labute approximate surface area is 89.7 Å². The topological polar surface area (TPSA) is 49.0 Å². The molecule has 4 heteroatoms. The Morgan fingerprint density at radius 1 is 1.53 bits per heavy atom. The molecule has 2 rings (SSSR count). The van der Waals surface area contributed by atoms with Gasteiger partial charge in [0.1, 0.15) is 5.82 Å². The van der Waals surface area contributed by atoms with Gasteiger partial charge in [-0.1, -0.05) is 13.8 Å². The third-order valence-electron chi connectivity index (χ3n) is 2.76. The predicted octanol–water partition coefficient (Wildman–Crippen LogP) is 1.26. The van der Waals surface area contributed by atoms with Crippen molar-refractivity contribution in [1.82, 2.24) is 14.9 Å². The number of amides is 1. The van der Waals surface area contributed by atoms with Gasteiger partial charge in [-0.15, -0.1) is 0 Å². The van der Waals surface area contributed by atoms with Crippen LogP contribution in [0.3, 0.4) is 0 Å². The van der Waals surface area contributed by atoms with E-state index in [1.165, 1.54) is 0 Å². The lowest BCUT2D eigenvalue weighted by Crippen LogP contribution is -2.38. The van der Waals surface area contributed by atoms with Crippen molar-refractivity contribution in [3.63, 3.8) is 0 Å². The van der Waals surface area contributed by atoms with Crippen LogP contribution in [0.5, 0.6) is 0 Å². The number of rotatable bonds is 1. The monoisotopic (exact) mass is 207 g/mol. The fraction of sp³-hybridized carbons (Fsp3) is 0.636. The van der Waals surface area contributed by atoms with Gasteiger partial charge in [0.15, 0.2) is 0 Å². The molecule has 1 N–H and O–H groups in total. The summed E-state index contributed by atoms with van der Waals surface area (Å²) in [6.07, 6.45) is 0.873. The first-order valence-electron chi connectivity index (χ1n) is 5.41. The van der Waals surface area contributed by atoms with E-state index in [-0.39, 0.29) is 11.8 Å². The Morgan fingerprint density at radius 2 is 2.27 bits per heavy atom. The second-order valence-corrected chi connectivity index (χ2v) is 4.41. The molecule has 2 heterocycles. The summed E-state index contributed by atoms with van der Waals surface area (Å²) in [6.45, 7) is 7.32. The molecule has 0 radical (unpaired) electrons. The summed E-state index contributed by atoms with van der Waals surface area (Å²) in [5.74, 6) is 1.25. The number of nitrogens with one attached hydrogen (secondary N) is 1. The highest BCUT2D eigenvalue weighted by molar-refractivity contribution is 5.78. The summed E-state index contributed by atoms with van der Waals surface area (Å²) in [5.41, 5.74) is 2.23. The summed E-state index contributed by atoms with van der Waals surface area (Å²) >= 11 is 0. The normalized spacial score (nSPS) is 15.6. The van der Waals surface area contributed by atoms with E-state index in [1.54, 1.807) is 0 Å². The lowest BCUT2D eigenvalue weighted by molar-refractivity contribution is -0.135. The molecule has 0 aromatic carbocycles. The maximum atomic E-state index is 11.8. The van der Waals surface area contributed by atoms with Gasteiger partial charge in [-0.05, 0) is 6.92 Å². The first-order chi connectivity index (χ1) is 7.08. The minimum Gasteiger partial charge on any atom is -0.344 e. The van der Waals surface area contributed by atoms with E-state index in [2.05, 4.69) is 9.97 Å². The van der Waals surface area contributed by atoms with Gasteiger partial charge in [-0.2, -0.15) is 0 Å². The largest absolute Gasteiger partial charge is 0.344 e. The molecule has 1 aromatic heterocycles. The number of fused-ring (bicyclic) bond motifs is 1. The molecule has 1 amide bonds. The minimum absolute atomic E-state index is 0.0792. The molecular weight excluding hydrogens is 190 g/mol. The average Bonchev–Trinajstić information content (AvgIpc) is 2.55. The molecule has 0 saturated carbocycles. The third kappa shape index (κ3) is 1.89. The molecule has 0 aliphatic carbocycles. The molecule has 0 bridgehead atoms. The zero-order valence-corrected chi connectivity index (χ0v) is 9.50. The Kier molecular flexibility index (Phi) is 2.50. The molecular formula is C11H17N3O. The maximum absolute atomic E-state index is 11.8. The summed E-state index contributed by atoms with van der Waals surface area (Å²) in [7, 11) is 0. The Morgan fingerprint density at radius 3 is 2.93 bits per heavy atom. The lowest BCUT2D eigenvalue weighted by Gasteiger charge is -2.27. The fourth-order valence-corrected chi connectivity index (χ4v) is 1.99.